The van der Waals surface area contributed by atoms with Crippen molar-refractivity contribution in [2.45, 2.75) is 9.79 Å². The largest absolute Gasteiger partial charge is 0.478 e. The SMILES string of the molecule is O=C(O)c1ccc(S(=O)(=O)c2ccc3c(c2)C(=O)NC3=O)cc1. The number of sulfone groups is 1. The van der Waals surface area contributed by atoms with Gasteiger partial charge in [0.2, 0.25) is 9.84 Å². The van der Waals surface area contributed by atoms with Crippen LogP contribution in [0.3, 0.4) is 0 Å². The number of amides is 2. The van der Waals surface area contributed by atoms with Crippen LogP contribution in [0.2, 0.25) is 0 Å². The van der Waals surface area contributed by atoms with Crippen LogP contribution >= 0.6 is 0 Å². The van der Waals surface area contributed by atoms with E-state index in [0.717, 1.165) is 6.07 Å². The Hall–Kier alpha value is -3.00. The molecule has 0 fully saturated rings. The second-order valence-electron chi connectivity index (χ2n) is 4.82. The molecule has 0 unspecified atom stereocenters. The van der Waals surface area contributed by atoms with Crippen LogP contribution in [0.15, 0.2) is 52.3 Å². The van der Waals surface area contributed by atoms with Gasteiger partial charge in [-0.05, 0) is 42.5 Å². The Labute approximate surface area is 130 Å². The Morgan fingerprint density at radius 1 is 0.870 bits per heavy atom. The summed E-state index contributed by atoms with van der Waals surface area (Å²) in [4.78, 5) is 33.6. The highest BCUT2D eigenvalue weighted by Crippen LogP contribution is 2.25. The number of rotatable bonds is 3. The number of nitrogens with one attached hydrogen (secondary N) is 1. The number of carboxylic acid groups (broad SMARTS) is 1. The summed E-state index contributed by atoms with van der Waals surface area (Å²) in [6, 6.07) is 8.35. The lowest BCUT2D eigenvalue weighted by molar-refractivity contribution is 0.0696. The summed E-state index contributed by atoms with van der Waals surface area (Å²) in [6.45, 7) is 0. The van der Waals surface area contributed by atoms with Crippen molar-refractivity contribution in [1.82, 2.24) is 5.32 Å². The second-order valence-corrected chi connectivity index (χ2v) is 6.77. The zero-order chi connectivity index (χ0) is 16.8. The number of aromatic carboxylic acids is 1. The van der Waals surface area contributed by atoms with E-state index in [1.807, 2.05) is 0 Å². The van der Waals surface area contributed by atoms with E-state index in [4.69, 9.17) is 5.11 Å². The lowest BCUT2D eigenvalue weighted by Crippen LogP contribution is -2.19. The first-order valence-corrected chi connectivity index (χ1v) is 7.87. The van der Waals surface area contributed by atoms with E-state index in [1.54, 1.807) is 0 Å². The van der Waals surface area contributed by atoms with E-state index >= 15 is 0 Å². The average Bonchev–Trinajstić information content (AvgIpc) is 2.81. The molecule has 1 aliphatic rings. The van der Waals surface area contributed by atoms with Gasteiger partial charge >= 0.3 is 5.97 Å². The summed E-state index contributed by atoms with van der Waals surface area (Å²) in [5, 5.41) is 10.9. The molecule has 0 radical (unpaired) electrons. The number of imide groups is 1. The molecule has 1 aliphatic heterocycles. The molecule has 1 heterocycles. The molecule has 3 rings (SSSR count). The van der Waals surface area contributed by atoms with Gasteiger partial charge in [-0.15, -0.1) is 0 Å². The van der Waals surface area contributed by atoms with Crippen LogP contribution in [0.4, 0.5) is 0 Å². The first-order valence-electron chi connectivity index (χ1n) is 6.39. The van der Waals surface area contributed by atoms with Gasteiger partial charge in [-0.1, -0.05) is 0 Å². The summed E-state index contributed by atoms with van der Waals surface area (Å²) in [5.41, 5.74) is 0.0799. The molecule has 116 valence electrons. The van der Waals surface area contributed by atoms with E-state index < -0.39 is 27.6 Å². The van der Waals surface area contributed by atoms with Crippen molar-refractivity contribution in [3.63, 3.8) is 0 Å². The maximum absolute atomic E-state index is 12.5. The smallest absolute Gasteiger partial charge is 0.335 e. The van der Waals surface area contributed by atoms with Crippen LogP contribution < -0.4 is 5.32 Å². The monoisotopic (exact) mass is 331 g/mol. The Morgan fingerprint density at radius 2 is 1.43 bits per heavy atom. The molecule has 0 atom stereocenters. The molecule has 2 amide bonds. The average molecular weight is 331 g/mol. The van der Waals surface area contributed by atoms with Gasteiger partial charge in [0.15, 0.2) is 0 Å². The lowest BCUT2D eigenvalue weighted by Gasteiger charge is -2.06. The maximum atomic E-state index is 12.5. The summed E-state index contributed by atoms with van der Waals surface area (Å²) in [5.74, 6) is -2.38. The summed E-state index contributed by atoms with van der Waals surface area (Å²) >= 11 is 0. The molecule has 2 aromatic carbocycles. The van der Waals surface area contributed by atoms with E-state index in [9.17, 15) is 22.8 Å². The van der Waals surface area contributed by atoms with Crippen LogP contribution in [0.25, 0.3) is 0 Å². The predicted molar refractivity (Wildman–Crippen MR) is 77.1 cm³/mol. The zero-order valence-corrected chi connectivity index (χ0v) is 12.3. The minimum atomic E-state index is -3.93. The molecule has 0 spiro atoms. The van der Waals surface area contributed by atoms with Crippen molar-refractivity contribution in [3.8, 4) is 0 Å². The number of fused-ring (bicyclic) bond motifs is 1. The molecule has 7 nitrogen and oxygen atoms in total. The van der Waals surface area contributed by atoms with Gasteiger partial charge in [0.1, 0.15) is 0 Å². The molecule has 0 bridgehead atoms. The third kappa shape index (κ3) is 2.38. The van der Waals surface area contributed by atoms with Crippen molar-refractivity contribution in [1.29, 1.82) is 0 Å². The molecule has 0 saturated heterocycles. The fourth-order valence-corrected chi connectivity index (χ4v) is 3.51. The molecular formula is C15H9NO6S. The Morgan fingerprint density at radius 3 is 2.04 bits per heavy atom. The van der Waals surface area contributed by atoms with Gasteiger partial charge in [0.05, 0.1) is 26.5 Å². The molecule has 2 N–H and O–H groups in total. The topological polar surface area (TPSA) is 118 Å². The number of carbonyl (C=O) groups is 3. The Kier molecular flexibility index (Phi) is 3.26. The number of hydrogen-bond donors (Lipinski definition) is 2. The van der Waals surface area contributed by atoms with Crippen molar-refractivity contribution in [2.75, 3.05) is 0 Å². The molecular weight excluding hydrogens is 322 g/mol. The van der Waals surface area contributed by atoms with E-state index in [-0.39, 0.29) is 26.5 Å². The minimum absolute atomic E-state index is 0.00164. The Balaban J connectivity index is 2.07. The quantitative estimate of drug-likeness (QED) is 0.813. The summed E-state index contributed by atoms with van der Waals surface area (Å²) in [7, 11) is -3.93. The number of carbonyl (C=O) groups excluding carboxylic acids is 2. The molecule has 8 heteroatoms. The van der Waals surface area contributed by atoms with Gasteiger partial charge < -0.3 is 5.11 Å². The number of hydrogen-bond acceptors (Lipinski definition) is 5. The third-order valence-corrected chi connectivity index (χ3v) is 5.20. The fraction of sp³-hybridized carbons (Fsp3) is 0. The van der Waals surface area contributed by atoms with Gasteiger partial charge in [-0.3, -0.25) is 14.9 Å². The van der Waals surface area contributed by atoms with Gasteiger partial charge in [-0.2, -0.15) is 0 Å². The zero-order valence-electron chi connectivity index (χ0n) is 11.4. The van der Waals surface area contributed by atoms with Crippen molar-refractivity contribution in [2.24, 2.45) is 0 Å². The summed E-state index contributed by atoms with van der Waals surface area (Å²) < 4.78 is 25.1. The standard InChI is InChI=1S/C15H9NO6S/c17-13-11-6-5-10(7-12(11)14(18)16-13)23(21,22)9-3-1-8(2-4-9)15(19)20/h1-7H,(H,19,20)(H,16,17,18). The predicted octanol–water partition coefficient (Wildman–Crippen LogP) is 1.10. The van der Waals surface area contributed by atoms with Crippen LogP contribution in [0.5, 0.6) is 0 Å². The van der Waals surface area contributed by atoms with Crippen LogP contribution in [-0.4, -0.2) is 31.3 Å². The molecule has 0 aliphatic carbocycles. The molecule has 23 heavy (non-hydrogen) atoms. The molecule has 2 aromatic rings. The van der Waals surface area contributed by atoms with Gasteiger partial charge in [0.25, 0.3) is 11.8 Å². The van der Waals surface area contributed by atoms with Crippen LogP contribution in [0, 0.1) is 0 Å². The van der Waals surface area contributed by atoms with Crippen molar-refractivity contribution in [3.05, 3.63) is 59.2 Å². The van der Waals surface area contributed by atoms with Crippen LogP contribution in [0.1, 0.15) is 31.1 Å². The van der Waals surface area contributed by atoms with E-state index in [1.165, 1.54) is 36.4 Å². The first-order chi connectivity index (χ1) is 10.8. The highest BCUT2D eigenvalue weighted by atomic mass is 32.2. The highest BCUT2D eigenvalue weighted by Gasteiger charge is 2.29. The highest BCUT2D eigenvalue weighted by molar-refractivity contribution is 7.91. The fourth-order valence-electron chi connectivity index (χ4n) is 2.23. The summed E-state index contributed by atoms with van der Waals surface area (Å²) in [6.07, 6.45) is 0. The third-order valence-electron chi connectivity index (χ3n) is 3.43. The van der Waals surface area contributed by atoms with E-state index in [0.29, 0.717) is 0 Å². The van der Waals surface area contributed by atoms with Gasteiger partial charge in [-0.25, -0.2) is 13.2 Å². The maximum Gasteiger partial charge on any atom is 0.335 e. The normalized spacial score (nSPS) is 13.6. The Bertz CT molecular complexity index is 960. The van der Waals surface area contributed by atoms with Crippen molar-refractivity contribution < 1.29 is 27.9 Å². The molecule has 0 saturated carbocycles. The van der Waals surface area contributed by atoms with E-state index in [2.05, 4.69) is 5.32 Å². The van der Waals surface area contributed by atoms with Gasteiger partial charge in [0, 0.05) is 0 Å². The number of carboxylic acids is 1. The first kappa shape index (κ1) is 14.9. The van der Waals surface area contributed by atoms with Crippen molar-refractivity contribution >= 4 is 27.6 Å². The minimum Gasteiger partial charge on any atom is -0.478 e. The molecule has 0 aromatic heterocycles. The van der Waals surface area contributed by atoms with Crippen LogP contribution in [-0.2, 0) is 9.84 Å². The second kappa shape index (κ2) is 5.03. The lowest BCUT2D eigenvalue weighted by atomic mass is 10.1. The number of benzene rings is 2.